The molecule has 4 rings (SSSR count). The highest BCUT2D eigenvalue weighted by molar-refractivity contribution is 9.10. The molecule has 0 saturated heterocycles. The van der Waals surface area contributed by atoms with Gasteiger partial charge in [-0.2, -0.15) is 5.10 Å². The summed E-state index contributed by atoms with van der Waals surface area (Å²) < 4.78 is 34.9. The zero-order chi connectivity index (χ0) is 26.3. The van der Waals surface area contributed by atoms with Gasteiger partial charge in [0, 0.05) is 15.1 Å². The number of sulfonamides is 1. The number of para-hydroxylation sites is 2. The van der Waals surface area contributed by atoms with Crippen molar-refractivity contribution in [2.45, 2.75) is 11.5 Å². The van der Waals surface area contributed by atoms with E-state index in [-0.39, 0.29) is 16.1 Å². The fourth-order valence-corrected chi connectivity index (χ4v) is 4.74. The summed E-state index contributed by atoms with van der Waals surface area (Å²) in [6.45, 7) is 0.367. The molecule has 4 aromatic rings. The highest BCUT2D eigenvalue weighted by Gasteiger charge is 2.18. The smallest absolute Gasteiger partial charge is 0.273 e. The highest BCUT2D eigenvalue weighted by atomic mass is 79.9. The summed E-state index contributed by atoms with van der Waals surface area (Å²) in [4.78, 5) is 12.9. The second-order valence-corrected chi connectivity index (χ2v) is 10.8. The number of carbonyl (C=O) groups is 1. The van der Waals surface area contributed by atoms with Crippen molar-refractivity contribution in [2.24, 2.45) is 5.10 Å². The van der Waals surface area contributed by atoms with E-state index >= 15 is 0 Å². The number of carbonyl (C=O) groups excluding carboxylic acids is 1. The van der Waals surface area contributed by atoms with Gasteiger partial charge in [-0.3, -0.25) is 9.52 Å². The molecule has 10 heteroatoms. The van der Waals surface area contributed by atoms with Crippen LogP contribution in [0.25, 0.3) is 0 Å². The molecule has 188 valence electrons. The zero-order valence-corrected chi connectivity index (χ0v) is 22.4. The molecule has 0 aliphatic heterocycles. The molecule has 0 radical (unpaired) electrons. The number of halogens is 2. The Labute approximate surface area is 228 Å². The molecule has 0 aliphatic rings. The van der Waals surface area contributed by atoms with Gasteiger partial charge in [0.1, 0.15) is 12.4 Å². The number of nitrogens with zero attached hydrogens (tertiary/aromatic N) is 1. The van der Waals surface area contributed by atoms with E-state index in [1.54, 1.807) is 18.2 Å². The molecule has 7 nitrogen and oxygen atoms in total. The van der Waals surface area contributed by atoms with Crippen LogP contribution in [0.5, 0.6) is 5.75 Å². The van der Waals surface area contributed by atoms with Crippen LogP contribution in [-0.2, 0) is 16.6 Å². The summed E-state index contributed by atoms with van der Waals surface area (Å²) in [5, 5.41) is 4.46. The normalized spacial score (nSPS) is 11.3. The van der Waals surface area contributed by atoms with E-state index in [1.807, 2.05) is 42.5 Å². The Morgan fingerprint density at radius 3 is 2.35 bits per heavy atom. The number of hydrazone groups is 1. The first-order valence-corrected chi connectivity index (χ1v) is 13.6. The molecule has 0 bridgehead atoms. The first kappa shape index (κ1) is 26.4. The van der Waals surface area contributed by atoms with E-state index < -0.39 is 15.9 Å². The molecule has 0 atom stereocenters. The van der Waals surface area contributed by atoms with Crippen molar-refractivity contribution in [1.82, 2.24) is 5.43 Å². The Hall–Kier alpha value is -3.66. The first-order chi connectivity index (χ1) is 17.8. The summed E-state index contributed by atoms with van der Waals surface area (Å²) in [6, 6.07) is 27.1. The Morgan fingerprint density at radius 2 is 1.59 bits per heavy atom. The molecular weight excluding hydrogens is 578 g/mol. The number of rotatable bonds is 9. The van der Waals surface area contributed by atoms with Crippen molar-refractivity contribution in [2.75, 3.05) is 4.72 Å². The van der Waals surface area contributed by atoms with Gasteiger partial charge in [-0.1, -0.05) is 63.9 Å². The molecule has 0 aromatic heterocycles. The van der Waals surface area contributed by atoms with Crippen LogP contribution in [0.4, 0.5) is 5.69 Å². The molecule has 37 heavy (non-hydrogen) atoms. The van der Waals surface area contributed by atoms with Gasteiger partial charge in [-0.15, -0.1) is 0 Å². The highest BCUT2D eigenvalue weighted by Crippen LogP contribution is 2.22. The molecule has 0 aliphatic carbocycles. The van der Waals surface area contributed by atoms with E-state index in [2.05, 4.69) is 31.2 Å². The quantitative estimate of drug-likeness (QED) is 0.176. The molecule has 1 amide bonds. The first-order valence-electron chi connectivity index (χ1n) is 11.0. The van der Waals surface area contributed by atoms with Crippen molar-refractivity contribution >= 4 is 55.4 Å². The van der Waals surface area contributed by atoms with Crippen molar-refractivity contribution in [3.63, 3.8) is 0 Å². The Bertz CT molecular complexity index is 1530. The third kappa shape index (κ3) is 7.19. The van der Waals surface area contributed by atoms with E-state index in [0.717, 1.165) is 10.0 Å². The third-order valence-electron chi connectivity index (χ3n) is 5.14. The molecule has 4 aromatic carbocycles. The molecule has 2 N–H and O–H groups in total. The van der Waals surface area contributed by atoms with E-state index in [1.165, 1.54) is 42.6 Å². The van der Waals surface area contributed by atoms with Crippen LogP contribution in [-0.4, -0.2) is 20.5 Å². The van der Waals surface area contributed by atoms with Gasteiger partial charge in [0.05, 0.1) is 22.4 Å². The predicted molar refractivity (Wildman–Crippen MR) is 149 cm³/mol. The van der Waals surface area contributed by atoms with Gasteiger partial charge in [0.25, 0.3) is 15.9 Å². The summed E-state index contributed by atoms with van der Waals surface area (Å²) in [7, 11) is -3.93. The van der Waals surface area contributed by atoms with Gasteiger partial charge >= 0.3 is 0 Å². The number of amides is 1. The zero-order valence-electron chi connectivity index (χ0n) is 19.3. The van der Waals surface area contributed by atoms with Gasteiger partial charge in [0.2, 0.25) is 0 Å². The lowest BCUT2D eigenvalue weighted by Gasteiger charge is -2.12. The number of nitrogens with one attached hydrogen (secondary N) is 2. The van der Waals surface area contributed by atoms with Crippen molar-refractivity contribution < 1.29 is 17.9 Å². The lowest BCUT2D eigenvalue weighted by Crippen LogP contribution is -2.21. The number of anilines is 1. The maximum absolute atomic E-state index is 12.8. The van der Waals surface area contributed by atoms with Crippen molar-refractivity contribution in [1.29, 1.82) is 0 Å². The van der Waals surface area contributed by atoms with E-state index in [4.69, 9.17) is 16.3 Å². The molecule has 0 fully saturated rings. The summed E-state index contributed by atoms with van der Waals surface area (Å²) in [5.74, 6) is 0.0125. The monoisotopic (exact) mass is 597 g/mol. The number of hydrogen-bond donors (Lipinski definition) is 2. The minimum Gasteiger partial charge on any atom is -0.488 e. The van der Waals surface area contributed by atoms with Crippen LogP contribution in [0.15, 0.2) is 112 Å². The second kappa shape index (κ2) is 12.1. The summed E-state index contributed by atoms with van der Waals surface area (Å²) >= 11 is 9.26. The SMILES string of the molecule is O=C(N/N=C/c1ccccc1OCc1ccc(Br)cc1)c1ccccc1NS(=O)(=O)c1ccc(Cl)cc1. The molecule has 0 heterocycles. The van der Waals surface area contributed by atoms with Crippen LogP contribution in [0.3, 0.4) is 0 Å². The lowest BCUT2D eigenvalue weighted by molar-refractivity contribution is 0.0956. The predicted octanol–water partition coefficient (Wildman–Crippen LogP) is 6.25. The average Bonchev–Trinajstić information content (AvgIpc) is 2.89. The van der Waals surface area contributed by atoms with Crippen molar-refractivity contribution in [3.8, 4) is 5.75 Å². The third-order valence-corrected chi connectivity index (χ3v) is 7.30. The van der Waals surface area contributed by atoms with Crippen LogP contribution in [0.2, 0.25) is 5.02 Å². The summed E-state index contributed by atoms with van der Waals surface area (Å²) in [5.41, 5.74) is 4.33. The minimum atomic E-state index is -3.93. The second-order valence-electron chi connectivity index (χ2n) is 7.76. The molecule has 0 saturated carbocycles. The van der Waals surface area contributed by atoms with Crippen LogP contribution >= 0.6 is 27.5 Å². The molecule has 0 spiro atoms. The Morgan fingerprint density at radius 1 is 0.919 bits per heavy atom. The largest absolute Gasteiger partial charge is 0.488 e. The maximum Gasteiger partial charge on any atom is 0.273 e. The molecular formula is C27H21BrClN3O4S. The standard InChI is InChI=1S/C27H21BrClN3O4S/c28-21-11-9-19(10-12-21)18-36-26-8-4-1-5-20(26)17-30-31-27(33)24-6-2-3-7-25(24)32-37(34,35)23-15-13-22(29)14-16-23/h1-17,32H,18H2,(H,31,33)/b30-17+. The van der Waals surface area contributed by atoms with Crippen LogP contribution in [0, 0.1) is 0 Å². The Balaban J connectivity index is 1.44. The van der Waals surface area contributed by atoms with Crippen LogP contribution in [0.1, 0.15) is 21.5 Å². The fraction of sp³-hybridized carbons (Fsp3) is 0.0370. The maximum atomic E-state index is 12.8. The van der Waals surface area contributed by atoms with Gasteiger partial charge in [0.15, 0.2) is 0 Å². The minimum absolute atomic E-state index is 0.0184. The average molecular weight is 599 g/mol. The number of ether oxygens (including phenoxy) is 1. The lowest BCUT2D eigenvalue weighted by atomic mass is 10.2. The number of benzene rings is 4. The van der Waals surface area contributed by atoms with Crippen LogP contribution < -0.4 is 14.9 Å². The van der Waals surface area contributed by atoms with Gasteiger partial charge < -0.3 is 4.74 Å². The van der Waals surface area contributed by atoms with E-state index in [0.29, 0.717) is 22.9 Å². The number of hydrogen-bond acceptors (Lipinski definition) is 5. The summed E-state index contributed by atoms with van der Waals surface area (Å²) in [6.07, 6.45) is 1.47. The van der Waals surface area contributed by atoms with Gasteiger partial charge in [-0.25, -0.2) is 13.8 Å². The topological polar surface area (TPSA) is 96.9 Å². The molecule has 0 unspecified atom stereocenters. The fourth-order valence-electron chi connectivity index (χ4n) is 3.27. The van der Waals surface area contributed by atoms with E-state index in [9.17, 15) is 13.2 Å². The Kier molecular flexibility index (Phi) is 8.60. The van der Waals surface area contributed by atoms with Crippen molar-refractivity contribution in [3.05, 3.63) is 123 Å². The van der Waals surface area contributed by atoms with Gasteiger partial charge in [-0.05, 0) is 66.2 Å².